The van der Waals surface area contributed by atoms with Crippen molar-refractivity contribution in [1.29, 1.82) is 0 Å². The number of hydrogen-bond donors (Lipinski definition) is 0. The summed E-state index contributed by atoms with van der Waals surface area (Å²) < 4.78 is 0. The molecule has 0 N–H and O–H groups in total. The van der Waals surface area contributed by atoms with Gasteiger partial charge in [0.1, 0.15) is 0 Å². The summed E-state index contributed by atoms with van der Waals surface area (Å²) in [6, 6.07) is 0. The highest BCUT2D eigenvalue weighted by Crippen LogP contribution is 2.02. The lowest BCUT2D eigenvalue weighted by Gasteiger charge is -1.72. The predicted octanol–water partition coefficient (Wildman–Crippen LogP) is 2.39. The summed E-state index contributed by atoms with van der Waals surface area (Å²) in [4.78, 5) is 0. The van der Waals surface area contributed by atoms with E-state index in [1.54, 1.807) is 12.2 Å². The lowest BCUT2D eigenvalue weighted by molar-refractivity contribution is 1.92. The SMILES string of the molecule is ClC1=C=CC=CC=C1. The third-order valence-corrected chi connectivity index (χ3v) is 1.02. The number of hydrogen-bond acceptors (Lipinski definition) is 0. The minimum absolute atomic E-state index is 0.648. The van der Waals surface area contributed by atoms with Crippen molar-refractivity contribution in [2.45, 2.75) is 0 Å². The second kappa shape index (κ2) is 2.56. The van der Waals surface area contributed by atoms with Crippen molar-refractivity contribution in [3.05, 3.63) is 41.1 Å². The quantitative estimate of drug-likeness (QED) is 0.435. The van der Waals surface area contributed by atoms with Gasteiger partial charge in [-0.3, -0.25) is 0 Å². The molecule has 8 heavy (non-hydrogen) atoms. The van der Waals surface area contributed by atoms with E-state index in [1.807, 2.05) is 18.2 Å². The number of rotatable bonds is 0. The van der Waals surface area contributed by atoms with E-state index in [4.69, 9.17) is 11.6 Å². The standard InChI is InChI=1S/C7H5Cl/c8-7-5-3-1-2-4-6-7/h1-5H. The molecule has 0 spiro atoms. The second-order valence-electron chi connectivity index (χ2n) is 1.40. The van der Waals surface area contributed by atoms with Crippen molar-refractivity contribution in [2.75, 3.05) is 0 Å². The summed E-state index contributed by atoms with van der Waals surface area (Å²) in [5.41, 5.74) is 2.83. The van der Waals surface area contributed by atoms with Crippen molar-refractivity contribution < 1.29 is 0 Å². The maximum Gasteiger partial charge on any atom is 0.0824 e. The molecule has 1 heteroatoms. The zero-order valence-corrected chi connectivity index (χ0v) is 5.02. The molecule has 0 saturated heterocycles. The van der Waals surface area contributed by atoms with Crippen LogP contribution in [0.15, 0.2) is 41.1 Å². The maximum absolute atomic E-state index is 5.57. The van der Waals surface area contributed by atoms with Gasteiger partial charge < -0.3 is 0 Å². The molecule has 0 bridgehead atoms. The van der Waals surface area contributed by atoms with Crippen LogP contribution in [0, 0.1) is 0 Å². The Labute approximate surface area is 53.5 Å². The van der Waals surface area contributed by atoms with E-state index in [0.717, 1.165) is 0 Å². The van der Waals surface area contributed by atoms with Gasteiger partial charge in [-0.1, -0.05) is 29.8 Å². The molecule has 1 rings (SSSR count). The second-order valence-corrected chi connectivity index (χ2v) is 1.81. The van der Waals surface area contributed by atoms with Gasteiger partial charge in [0.25, 0.3) is 0 Å². The zero-order chi connectivity index (χ0) is 5.82. The van der Waals surface area contributed by atoms with E-state index in [0.29, 0.717) is 5.03 Å². The molecular weight excluding hydrogens is 120 g/mol. The van der Waals surface area contributed by atoms with Crippen LogP contribution < -0.4 is 0 Å². The third-order valence-electron chi connectivity index (χ3n) is 0.782. The first kappa shape index (κ1) is 5.43. The largest absolute Gasteiger partial charge is 0.101 e. The van der Waals surface area contributed by atoms with Gasteiger partial charge in [-0.05, 0) is 12.2 Å². The molecule has 0 aromatic heterocycles. The summed E-state index contributed by atoms with van der Waals surface area (Å²) >= 11 is 5.57. The van der Waals surface area contributed by atoms with Gasteiger partial charge in [-0.15, -0.1) is 5.73 Å². The Balaban J connectivity index is 2.95. The molecular formula is C7H5Cl. The van der Waals surface area contributed by atoms with Gasteiger partial charge in [0.05, 0.1) is 5.03 Å². The predicted molar refractivity (Wildman–Crippen MR) is 35.7 cm³/mol. The molecule has 0 aromatic carbocycles. The Bertz CT molecular complexity index is 190. The summed E-state index contributed by atoms with van der Waals surface area (Å²) in [6.45, 7) is 0. The third kappa shape index (κ3) is 1.42. The molecule has 0 heterocycles. The monoisotopic (exact) mass is 124 g/mol. The van der Waals surface area contributed by atoms with Crippen LogP contribution in [-0.2, 0) is 0 Å². The van der Waals surface area contributed by atoms with Gasteiger partial charge in [0.2, 0.25) is 0 Å². The molecule has 0 atom stereocenters. The van der Waals surface area contributed by atoms with Crippen molar-refractivity contribution in [1.82, 2.24) is 0 Å². The highest BCUT2D eigenvalue weighted by molar-refractivity contribution is 6.31. The molecule has 0 unspecified atom stereocenters. The van der Waals surface area contributed by atoms with Crippen LogP contribution in [0.25, 0.3) is 0 Å². The van der Waals surface area contributed by atoms with Crippen LogP contribution in [0.3, 0.4) is 0 Å². The summed E-state index contributed by atoms with van der Waals surface area (Å²) in [7, 11) is 0. The van der Waals surface area contributed by atoms with E-state index in [9.17, 15) is 0 Å². The molecule has 40 valence electrons. The van der Waals surface area contributed by atoms with Gasteiger partial charge in [-0.25, -0.2) is 0 Å². The Morgan fingerprint density at radius 1 is 1.25 bits per heavy atom. The average molecular weight is 125 g/mol. The smallest absolute Gasteiger partial charge is 0.0824 e. The van der Waals surface area contributed by atoms with E-state index >= 15 is 0 Å². The fourth-order valence-corrected chi connectivity index (χ4v) is 0.571. The average Bonchev–Trinajstić information content (AvgIpc) is 1.94. The minimum atomic E-state index is 0.648. The van der Waals surface area contributed by atoms with Gasteiger partial charge in [0, 0.05) is 0 Å². The molecule has 0 aliphatic heterocycles. The van der Waals surface area contributed by atoms with Crippen LogP contribution in [0.5, 0.6) is 0 Å². The Morgan fingerprint density at radius 3 is 3.00 bits per heavy atom. The van der Waals surface area contributed by atoms with Crippen molar-refractivity contribution >= 4 is 11.6 Å². The van der Waals surface area contributed by atoms with Crippen LogP contribution in [-0.4, -0.2) is 0 Å². The topological polar surface area (TPSA) is 0 Å². The van der Waals surface area contributed by atoms with E-state index in [2.05, 4.69) is 5.73 Å². The lowest BCUT2D eigenvalue weighted by atomic mass is 10.5. The Morgan fingerprint density at radius 2 is 2.12 bits per heavy atom. The molecule has 0 saturated carbocycles. The normalized spacial score (nSPS) is 15.9. The molecule has 0 aromatic rings. The van der Waals surface area contributed by atoms with Gasteiger partial charge >= 0.3 is 0 Å². The molecule has 1 aliphatic rings. The van der Waals surface area contributed by atoms with Gasteiger partial charge in [-0.2, -0.15) is 0 Å². The van der Waals surface area contributed by atoms with Crippen molar-refractivity contribution in [3.8, 4) is 0 Å². The molecule has 0 nitrogen and oxygen atoms in total. The Hall–Kier alpha value is -0.710. The van der Waals surface area contributed by atoms with Crippen molar-refractivity contribution in [3.63, 3.8) is 0 Å². The molecule has 0 amide bonds. The van der Waals surface area contributed by atoms with Crippen LogP contribution in [0.1, 0.15) is 0 Å². The van der Waals surface area contributed by atoms with E-state index in [-0.39, 0.29) is 0 Å². The molecule has 1 aliphatic carbocycles. The van der Waals surface area contributed by atoms with E-state index < -0.39 is 0 Å². The fourth-order valence-electron chi connectivity index (χ4n) is 0.436. The Kier molecular flexibility index (Phi) is 1.74. The lowest BCUT2D eigenvalue weighted by Crippen LogP contribution is -1.51. The summed E-state index contributed by atoms with van der Waals surface area (Å²) in [6.07, 6.45) is 9.23. The minimum Gasteiger partial charge on any atom is -0.101 e. The summed E-state index contributed by atoms with van der Waals surface area (Å²) in [5, 5.41) is 0.648. The van der Waals surface area contributed by atoms with Crippen molar-refractivity contribution in [2.24, 2.45) is 0 Å². The van der Waals surface area contributed by atoms with Gasteiger partial charge in [0.15, 0.2) is 0 Å². The summed E-state index contributed by atoms with van der Waals surface area (Å²) in [5.74, 6) is 0. The first-order chi connectivity index (χ1) is 3.89. The number of halogens is 1. The van der Waals surface area contributed by atoms with Crippen LogP contribution in [0.4, 0.5) is 0 Å². The molecule has 0 fully saturated rings. The van der Waals surface area contributed by atoms with Crippen LogP contribution in [0.2, 0.25) is 0 Å². The molecule has 0 radical (unpaired) electrons. The zero-order valence-electron chi connectivity index (χ0n) is 4.26. The number of allylic oxidation sites excluding steroid dienone is 5. The fraction of sp³-hybridized carbons (Fsp3) is 0. The first-order valence-electron chi connectivity index (χ1n) is 2.35. The van der Waals surface area contributed by atoms with E-state index in [1.165, 1.54) is 0 Å². The maximum atomic E-state index is 5.57. The van der Waals surface area contributed by atoms with Crippen LogP contribution >= 0.6 is 11.6 Å². The highest BCUT2D eigenvalue weighted by atomic mass is 35.5. The highest BCUT2D eigenvalue weighted by Gasteiger charge is 1.78. The first-order valence-corrected chi connectivity index (χ1v) is 2.73.